The first-order valence-electron chi connectivity index (χ1n) is 2.05. The van der Waals surface area contributed by atoms with E-state index in [0.717, 1.165) is 0 Å². The quantitative estimate of drug-likeness (QED) is 0.274. The molecule has 4 nitrogen and oxygen atoms in total. The fourth-order valence-electron chi connectivity index (χ4n) is 0.212. The second-order valence-electron chi connectivity index (χ2n) is 1.21. The van der Waals surface area contributed by atoms with Crippen LogP contribution >= 0.6 is 0 Å². The summed E-state index contributed by atoms with van der Waals surface area (Å²) in [4.78, 5) is 3.44. The predicted molar refractivity (Wildman–Crippen MR) is 23.4 cm³/mol. The molecule has 0 aromatic carbocycles. The van der Waals surface area contributed by atoms with Crippen LogP contribution in [-0.2, 0) is 10.1 Å². The molecule has 0 aromatic heterocycles. The van der Waals surface area contributed by atoms with Gasteiger partial charge in [0.1, 0.15) is 6.23 Å². The van der Waals surface area contributed by atoms with Crippen LogP contribution < -0.4 is 11.5 Å². The number of hydrogen-bond acceptors (Lipinski definition) is 3. The number of nitrogens with two attached hydrogens (primary N) is 2. The van der Waals surface area contributed by atoms with Gasteiger partial charge in [-0.1, -0.05) is 0 Å². The van der Waals surface area contributed by atoms with E-state index in [1.165, 1.54) is 0 Å². The Hall–Kier alpha value is -0.160. The number of hydrogen-bond donors (Lipinski definition) is 2. The fourth-order valence-corrected chi connectivity index (χ4v) is 0.212. The third-order valence-corrected chi connectivity index (χ3v) is 0.575. The molecule has 0 saturated carbocycles. The highest BCUT2D eigenvalue weighted by Crippen LogP contribution is 1.82. The Kier molecular flexibility index (Phi) is 3.92. The highest BCUT2D eigenvalue weighted by Gasteiger charge is 1.96. The van der Waals surface area contributed by atoms with Crippen molar-refractivity contribution in [2.75, 3.05) is 6.54 Å². The zero-order valence-electron chi connectivity index (χ0n) is 3.96. The van der Waals surface area contributed by atoms with Gasteiger partial charge in [0.25, 0.3) is 0 Å². The minimum atomic E-state index is -0.731. The van der Waals surface area contributed by atoms with Gasteiger partial charge in [-0.2, -0.15) is 4.89 Å². The second-order valence-corrected chi connectivity index (χ2v) is 1.21. The summed E-state index contributed by atoms with van der Waals surface area (Å²) in [5.74, 6) is 0. The van der Waals surface area contributed by atoms with Crippen LogP contribution in [0.5, 0.6) is 0 Å². The van der Waals surface area contributed by atoms with Crippen LogP contribution in [0.1, 0.15) is 6.42 Å². The summed E-state index contributed by atoms with van der Waals surface area (Å²) in [5, 5.41) is 9.34. The molecule has 0 aliphatic heterocycles. The highest BCUT2D eigenvalue weighted by molar-refractivity contribution is 4.43. The maximum absolute atomic E-state index is 9.34. The van der Waals surface area contributed by atoms with Gasteiger partial charge in [-0.15, -0.1) is 0 Å². The first-order chi connectivity index (χ1) is 3.31. The van der Waals surface area contributed by atoms with E-state index >= 15 is 0 Å². The first kappa shape index (κ1) is 6.84. The lowest BCUT2D eigenvalue weighted by Gasteiger charge is -1.99. The lowest BCUT2D eigenvalue weighted by atomic mass is 10.4. The molecule has 0 spiro atoms. The van der Waals surface area contributed by atoms with Gasteiger partial charge in [-0.05, 0) is 11.8 Å². The molecular weight excluding hydrogens is 96.0 g/mol. The van der Waals surface area contributed by atoms with E-state index in [-0.39, 0.29) is 0 Å². The van der Waals surface area contributed by atoms with Crippen LogP contribution in [0.4, 0.5) is 0 Å². The van der Waals surface area contributed by atoms with Crippen LogP contribution in [0.25, 0.3) is 0 Å². The van der Waals surface area contributed by atoms with E-state index in [2.05, 4.69) is 4.89 Å². The van der Waals surface area contributed by atoms with Crippen molar-refractivity contribution in [3.63, 3.8) is 0 Å². The maximum Gasteiger partial charge on any atom is 0.145 e. The molecule has 0 heterocycles. The third kappa shape index (κ3) is 3.68. The maximum atomic E-state index is 9.34. The minimum Gasteiger partial charge on any atom is -0.330 e. The summed E-state index contributed by atoms with van der Waals surface area (Å²) < 4.78 is 0. The van der Waals surface area contributed by atoms with Crippen molar-refractivity contribution >= 4 is 0 Å². The molecule has 0 rings (SSSR count). The van der Waals surface area contributed by atoms with Crippen molar-refractivity contribution in [3.05, 3.63) is 0 Å². The van der Waals surface area contributed by atoms with Crippen molar-refractivity contribution in [3.8, 4) is 0 Å². The average Bonchev–Trinajstić information content (AvgIpc) is 1.68. The van der Waals surface area contributed by atoms with Gasteiger partial charge in [-0.3, -0.25) is 0 Å². The zero-order valence-corrected chi connectivity index (χ0v) is 3.96. The van der Waals surface area contributed by atoms with E-state index in [0.29, 0.717) is 13.0 Å². The Morgan fingerprint density at radius 2 is 2.29 bits per heavy atom. The molecule has 1 atom stereocenters. The summed E-state index contributed by atoms with van der Waals surface area (Å²) in [6.07, 6.45) is -0.311. The molecular formula is C3H9N2O2. The van der Waals surface area contributed by atoms with E-state index in [4.69, 9.17) is 11.5 Å². The Morgan fingerprint density at radius 3 is 2.43 bits per heavy atom. The van der Waals surface area contributed by atoms with Crippen LogP contribution in [-0.4, -0.2) is 12.8 Å². The summed E-state index contributed by atoms with van der Waals surface area (Å²) in [7, 11) is 0. The van der Waals surface area contributed by atoms with Gasteiger partial charge < -0.3 is 11.5 Å². The molecule has 0 saturated heterocycles. The van der Waals surface area contributed by atoms with Gasteiger partial charge in [0, 0.05) is 6.42 Å². The van der Waals surface area contributed by atoms with Crippen molar-refractivity contribution in [2.45, 2.75) is 12.6 Å². The van der Waals surface area contributed by atoms with Gasteiger partial charge >= 0.3 is 0 Å². The molecule has 0 aliphatic carbocycles. The average molecular weight is 105 g/mol. The van der Waals surface area contributed by atoms with E-state index in [1.54, 1.807) is 0 Å². The molecule has 0 fully saturated rings. The molecule has 0 aromatic rings. The standard InChI is InChI=1S/C3H9N2O2/c4-2-1-3(5)7-6/h3H,1-2,4-5H2. The Morgan fingerprint density at radius 1 is 1.71 bits per heavy atom. The normalized spacial score (nSPS) is 14.1. The largest absolute Gasteiger partial charge is 0.330 e. The lowest BCUT2D eigenvalue weighted by molar-refractivity contribution is -0.334. The van der Waals surface area contributed by atoms with Crippen LogP contribution in [0.3, 0.4) is 0 Å². The molecule has 1 unspecified atom stereocenters. The molecule has 0 amide bonds. The molecule has 4 N–H and O–H groups in total. The van der Waals surface area contributed by atoms with Crippen LogP contribution in [0, 0.1) is 0 Å². The van der Waals surface area contributed by atoms with Gasteiger partial charge in [-0.25, -0.2) is 0 Å². The third-order valence-electron chi connectivity index (χ3n) is 0.575. The van der Waals surface area contributed by atoms with Gasteiger partial charge in [0.15, 0.2) is 0 Å². The summed E-state index contributed by atoms with van der Waals surface area (Å²) in [6, 6.07) is 0. The smallest absolute Gasteiger partial charge is 0.145 e. The molecule has 7 heavy (non-hydrogen) atoms. The van der Waals surface area contributed by atoms with Crippen LogP contribution in [0.15, 0.2) is 0 Å². The minimum absolute atomic E-state index is 0.392. The van der Waals surface area contributed by atoms with Crippen molar-refractivity contribution in [1.29, 1.82) is 0 Å². The Balaban J connectivity index is 2.83. The van der Waals surface area contributed by atoms with Crippen molar-refractivity contribution < 1.29 is 10.1 Å². The highest BCUT2D eigenvalue weighted by atomic mass is 17.1. The summed E-state index contributed by atoms with van der Waals surface area (Å²) in [6.45, 7) is 0.392. The topological polar surface area (TPSA) is 81.2 Å². The fraction of sp³-hybridized carbons (Fsp3) is 1.00. The lowest BCUT2D eigenvalue weighted by Crippen LogP contribution is -2.24. The molecule has 0 bridgehead atoms. The van der Waals surface area contributed by atoms with Crippen LogP contribution in [0.2, 0.25) is 0 Å². The van der Waals surface area contributed by atoms with E-state index < -0.39 is 6.23 Å². The molecule has 0 aliphatic rings. The van der Waals surface area contributed by atoms with E-state index in [9.17, 15) is 5.26 Å². The van der Waals surface area contributed by atoms with Crippen molar-refractivity contribution in [1.82, 2.24) is 0 Å². The van der Waals surface area contributed by atoms with E-state index in [1.807, 2.05) is 0 Å². The molecule has 43 valence electrons. The molecule has 4 heteroatoms. The predicted octanol–water partition coefficient (Wildman–Crippen LogP) is -1.02. The Labute approximate surface area is 42.0 Å². The number of rotatable bonds is 3. The zero-order chi connectivity index (χ0) is 5.70. The van der Waals surface area contributed by atoms with Gasteiger partial charge in [0.2, 0.25) is 0 Å². The first-order valence-corrected chi connectivity index (χ1v) is 2.05. The second kappa shape index (κ2) is 4.01. The van der Waals surface area contributed by atoms with Crippen molar-refractivity contribution in [2.24, 2.45) is 11.5 Å². The monoisotopic (exact) mass is 105 g/mol. The SMILES string of the molecule is NCCC(N)O[O]. The Bertz CT molecular complexity index is 41.9. The summed E-state index contributed by atoms with van der Waals surface area (Å²) >= 11 is 0. The molecule has 1 radical (unpaired) electrons. The summed E-state index contributed by atoms with van der Waals surface area (Å²) in [5.41, 5.74) is 9.97. The van der Waals surface area contributed by atoms with Gasteiger partial charge in [0.05, 0.1) is 0 Å².